The summed E-state index contributed by atoms with van der Waals surface area (Å²) >= 11 is 0. The molecular formula is C11H12N2O3. The Bertz CT molecular complexity index is 439. The quantitative estimate of drug-likeness (QED) is 0.442. The number of nitro benzene ring substituents is 1. The number of non-ortho nitro benzene ring substituents is 1. The van der Waals surface area contributed by atoms with Gasteiger partial charge in [0.2, 0.25) is 5.91 Å². The van der Waals surface area contributed by atoms with Crippen molar-refractivity contribution in [2.75, 3.05) is 14.1 Å². The number of nitrogens with zero attached hydrogens (tertiary/aromatic N) is 2. The smallest absolute Gasteiger partial charge is 0.270 e. The second kappa shape index (κ2) is 5.06. The first-order valence-corrected chi connectivity index (χ1v) is 4.64. The molecule has 0 heterocycles. The fourth-order valence-corrected chi connectivity index (χ4v) is 1.06. The minimum Gasteiger partial charge on any atom is -0.345 e. The van der Waals surface area contributed by atoms with Gasteiger partial charge in [0.05, 0.1) is 4.92 Å². The molecular weight excluding hydrogens is 208 g/mol. The third-order valence-corrected chi connectivity index (χ3v) is 1.94. The minimum atomic E-state index is -0.467. The second-order valence-corrected chi connectivity index (χ2v) is 3.42. The normalized spacial score (nSPS) is 10.4. The van der Waals surface area contributed by atoms with Gasteiger partial charge in [0, 0.05) is 32.3 Å². The molecule has 1 amide bonds. The summed E-state index contributed by atoms with van der Waals surface area (Å²) in [6.45, 7) is 0. The summed E-state index contributed by atoms with van der Waals surface area (Å²) in [7, 11) is 3.28. The molecule has 0 aliphatic rings. The van der Waals surface area contributed by atoms with Gasteiger partial charge < -0.3 is 4.90 Å². The lowest BCUT2D eigenvalue weighted by Gasteiger charge is -2.04. The SMILES string of the molecule is CN(C)C(=O)C=Cc1cccc([N+](=O)[O-])c1. The van der Waals surface area contributed by atoms with Crippen LogP contribution in [0.1, 0.15) is 5.56 Å². The molecule has 0 saturated carbocycles. The average Bonchev–Trinajstić information content (AvgIpc) is 2.26. The van der Waals surface area contributed by atoms with E-state index in [0.29, 0.717) is 5.56 Å². The number of amides is 1. The number of likely N-dealkylation sites (N-methyl/N-ethyl adjacent to an activating group) is 1. The van der Waals surface area contributed by atoms with Gasteiger partial charge in [0.25, 0.3) is 5.69 Å². The number of benzene rings is 1. The van der Waals surface area contributed by atoms with Gasteiger partial charge in [-0.3, -0.25) is 14.9 Å². The van der Waals surface area contributed by atoms with E-state index in [0.717, 1.165) is 0 Å². The molecule has 0 aromatic heterocycles. The van der Waals surface area contributed by atoms with Crippen LogP contribution < -0.4 is 0 Å². The zero-order valence-electron chi connectivity index (χ0n) is 9.08. The molecule has 5 nitrogen and oxygen atoms in total. The Hall–Kier alpha value is -2.17. The van der Waals surface area contributed by atoms with E-state index in [1.165, 1.54) is 23.1 Å². The standard InChI is InChI=1S/C11H12N2O3/c1-12(2)11(14)7-6-9-4-3-5-10(8-9)13(15)16/h3-8H,1-2H3. The topological polar surface area (TPSA) is 63.5 Å². The molecule has 0 fully saturated rings. The van der Waals surface area contributed by atoms with E-state index in [1.54, 1.807) is 32.3 Å². The van der Waals surface area contributed by atoms with E-state index in [-0.39, 0.29) is 11.6 Å². The molecule has 0 aliphatic carbocycles. The molecule has 0 bridgehead atoms. The van der Waals surface area contributed by atoms with Crippen LogP contribution in [0.3, 0.4) is 0 Å². The number of nitro groups is 1. The van der Waals surface area contributed by atoms with Crippen LogP contribution in [0.2, 0.25) is 0 Å². The third kappa shape index (κ3) is 3.20. The highest BCUT2D eigenvalue weighted by Crippen LogP contribution is 2.14. The van der Waals surface area contributed by atoms with Gasteiger partial charge >= 0.3 is 0 Å². The van der Waals surface area contributed by atoms with E-state index >= 15 is 0 Å². The molecule has 1 aromatic carbocycles. The van der Waals surface area contributed by atoms with E-state index in [4.69, 9.17) is 0 Å². The maximum absolute atomic E-state index is 11.2. The van der Waals surface area contributed by atoms with Crippen LogP contribution in [0.15, 0.2) is 30.3 Å². The Morgan fingerprint density at radius 2 is 2.12 bits per heavy atom. The number of rotatable bonds is 3. The molecule has 1 aromatic rings. The van der Waals surface area contributed by atoms with Gasteiger partial charge in [-0.25, -0.2) is 0 Å². The number of carbonyl (C=O) groups excluding carboxylic acids is 1. The Morgan fingerprint density at radius 3 is 2.69 bits per heavy atom. The maximum atomic E-state index is 11.2. The van der Waals surface area contributed by atoms with Crippen LogP contribution in [-0.4, -0.2) is 29.8 Å². The Labute approximate surface area is 93.1 Å². The molecule has 0 radical (unpaired) electrons. The first-order valence-electron chi connectivity index (χ1n) is 4.64. The average molecular weight is 220 g/mol. The highest BCUT2D eigenvalue weighted by molar-refractivity contribution is 5.91. The molecule has 0 atom stereocenters. The number of carbonyl (C=O) groups is 1. The van der Waals surface area contributed by atoms with Crippen molar-refractivity contribution in [2.24, 2.45) is 0 Å². The van der Waals surface area contributed by atoms with Crippen LogP contribution >= 0.6 is 0 Å². The zero-order valence-corrected chi connectivity index (χ0v) is 9.08. The lowest BCUT2D eigenvalue weighted by Crippen LogP contribution is -2.18. The van der Waals surface area contributed by atoms with Gasteiger partial charge in [-0.1, -0.05) is 12.1 Å². The lowest BCUT2D eigenvalue weighted by atomic mass is 10.2. The van der Waals surface area contributed by atoms with Gasteiger partial charge in [-0.2, -0.15) is 0 Å². The Balaban J connectivity index is 2.86. The van der Waals surface area contributed by atoms with Crippen molar-refractivity contribution < 1.29 is 9.72 Å². The van der Waals surface area contributed by atoms with E-state index in [1.807, 2.05) is 0 Å². The van der Waals surface area contributed by atoms with Gasteiger partial charge in [-0.05, 0) is 11.6 Å². The van der Waals surface area contributed by atoms with Gasteiger partial charge in [0.15, 0.2) is 0 Å². The fourth-order valence-electron chi connectivity index (χ4n) is 1.06. The van der Waals surface area contributed by atoms with E-state index in [9.17, 15) is 14.9 Å². The summed E-state index contributed by atoms with van der Waals surface area (Å²) in [6, 6.07) is 6.11. The van der Waals surface area contributed by atoms with Crippen molar-refractivity contribution in [1.29, 1.82) is 0 Å². The summed E-state index contributed by atoms with van der Waals surface area (Å²) in [5.74, 6) is -0.161. The minimum absolute atomic E-state index is 0.0134. The number of hydrogen-bond donors (Lipinski definition) is 0. The van der Waals surface area contributed by atoms with Crippen LogP contribution in [0.5, 0.6) is 0 Å². The Kier molecular flexibility index (Phi) is 3.77. The summed E-state index contributed by atoms with van der Waals surface area (Å²) < 4.78 is 0. The monoisotopic (exact) mass is 220 g/mol. The predicted octanol–water partition coefficient (Wildman–Crippen LogP) is 1.70. The zero-order chi connectivity index (χ0) is 12.1. The van der Waals surface area contributed by atoms with Gasteiger partial charge in [-0.15, -0.1) is 0 Å². The molecule has 0 unspecified atom stereocenters. The number of hydrogen-bond acceptors (Lipinski definition) is 3. The molecule has 0 N–H and O–H groups in total. The summed E-state index contributed by atoms with van der Waals surface area (Å²) in [5.41, 5.74) is 0.642. The predicted molar refractivity (Wildman–Crippen MR) is 60.8 cm³/mol. The second-order valence-electron chi connectivity index (χ2n) is 3.42. The van der Waals surface area contributed by atoms with Crippen molar-refractivity contribution in [3.63, 3.8) is 0 Å². The largest absolute Gasteiger partial charge is 0.345 e. The molecule has 0 aliphatic heterocycles. The van der Waals surface area contributed by atoms with Crippen LogP contribution in [0, 0.1) is 10.1 Å². The van der Waals surface area contributed by atoms with Gasteiger partial charge in [0.1, 0.15) is 0 Å². The fraction of sp³-hybridized carbons (Fsp3) is 0.182. The summed E-state index contributed by atoms with van der Waals surface area (Å²) in [5, 5.41) is 10.5. The van der Waals surface area contributed by atoms with Crippen molar-refractivity contribution in [1.82, 2.24) is 4.90 Å². The maximum Gasteiger partial charge on any atom is 0.270 e. The van der Waals surface area contributed by atoms with Crippen molar-refractivity contribution in [3.8, 4) is 0 Å². The van der Waals surface area contributed by atoms with Crippen LogP contribution in [-0.2, 0) is 4.79 Å². The highest BCUT2D eigenvalue weighted by Gasteiger charge is 2.04. The summed E-state index contributed by atoms with van der Waals surface area (Å²) in [6.07, 6.45) is 2.92. The summed E-state index contributed by atoms with van der Waals surface area (Å²) in [4.78, 5) is 22.7. The van der Waals surface area contributed by atoms with Crippen LogP contribution in [0.25, 0.3) is 6.08 Å². The molecule has 5 heteroatoms. The van der Waals surface area contributed by atoms with Crippen molar-refractivity contribution in [3.05, 3.63) is 46.0 Å². The molecule has 1 rings (SSSR count). The van der Waals surface area contributed by atoms with Crippen molar-refractivity contribution in [2.45, 2.75) is 0 Å². The first kappa shape index (κ1) is 11.9. The highest BCUT2D eigenvalue weighted by atomic mass is 16.6. The first-order chi connectivity index (χ1) is 7.50. The van der Waals surface area contributed by atoms with E-state index in [2.05, 4.69) is 0 Å². The molecule has 84 valence electrons. The van der Waals surface area contributed by atoms with Crippen molar-refractivity contribution >= 4 is 17.7 Å². The van der Waals surface area contributed by atoms with Crippen LogP contribution in [0.4, 0.5) is 5.69 Å². The third-order valence-electron chi connectivity index (χ3n) is 1.94. The molecule has 0 spiro atoms. The molecule has 16 heavy (non-hydrogen) atoms. The lowest BCUT2D eigenvalue weighted by molar-refractivity contribution is -0.384. The Morgan fingerprint density at radius 1 is 1.44 bits per heavy atom. The molecule has 0 saturated heterocycles. The van der Waals surface area contributed by atoms with E-state index < -0.39 is 4.92 Å².